The van der Waals surface area contributed by atoms with Crippen molar-refractivity contribution in [2.24, 2.45) is 5.92 Å². The number of esters is 2. The second kappa shape index (κ2) is 5.72. The maximum Gasteiger partial charge on any atom is 0.419 e. The van der Waals surface area contributed by atoms with Gasteiger partial charge >= 0.3 is 11.9 Å². The summed E-state index contributed by atoms with van der Waals surface area (Å²) in [5.41, 5.74) is -0.864. The average Bonchev–Trinajstić information content (AvgIpc) is 3.19. The first kappa shape index (κ1) is 15.4. The summed E-state index contributed by atoms with van der Waals surface area (Å²) < 4.78 is 25.1. The molecule has 4 heterocycles. The van der Waals surface area contributed by atoms with E-state index in [9.17, 15) is 9.59 Å². The summed E-state index contributed by atoms with van der Waals surface area (Å²) in [6.45, 7) is 3.36. The van der Waals surface area contributed by atoms with E-state index in [4.69, 9.17) is 14.2 Å². The van der Waals surface area contributed by atoms with Crippen LogP contribution in [-0.2, 0) is 24.8 Å². The topological polar surface area (TPSA) is 90.9 Å². The van der Waals surface area contributed by atoms with Gasteiger partial charge in [-0.25, -0.2) is 9.59 Å². The molecule has 0 N–H and O–H groups in total. The molecule has 0 spiro atoms. The zero-order valence-electron chi connectivity index (χ0n) is 13.0. The van der Waals surface area contributed by atoms with Crippen molar-refractivity contribution < 1.29 is 23.8 Å². The Balaban J connectivity index is 1.76. The fourth-order valence-corrected chi connectivity index (χ4v) is 4.18. The number of hydrogen-bond donors (Lipinski definition) is 0. The number of ether oxygens (including phenoxy) is 3. The van der Waals surface area contributed by atoms with Crippen LogP contribution in [0.4, 0.5) is 0 Å². The third-order valence-electron chi connectivity index (χ3n) is 4.66. The van der Waals surface area contributed by atoms with Gasteiger partial charge in [0.05, 0.1) is 11.7 Å². The molecule has 0 amide bonds. The van der Waals surface area contributed by atoms with Crippen LogP contribution in [0.5, 0.6) is 5.88 Å². The Kier molecular flexibility index (Phi) is 3.66. The number of fused-ring (bicyclic) bond motifs is 4. The maximum absolute atomic E-state index is 12.0. The standard InChI is InChI=1S/C15H15N3O5S/c1-2-3-6-21-12-11(16-24-17-12)15-10(22-13(19)14(20)23-15)7-9-4-5-18(15)8-9/h9-10H,4-8H2,1H3. The molecule has 3 fully saturated rings. The van der Waals surface area contributed by atoms with Crippen LogP contribution in [0.1, 0.15) is 25.5 Å². The third kappa shape index (κ3) is 2.17. The van der Waals surface area contributed by atoms with E-state index in [1.165, 1.54) is 0 Å². The summed E-state index contributed by atoms with van der Waals surface area (Å²) in [4.78, 5) is 25.7. The Hall–Kier alpha value is -2.18. The lowest BCUT2D eigenvalue weighted by molar-refractivity contribution is -0.262. The van der Waals surface area contributed by atoms with E-state index in [1.54, 1.807) is 6.92 Å². The van der Waals surface area contributed by atoms with Crippen molar-refractivity contribution in [1.29, 1.82) is 0 Å². The number of nitrogens with zero attached hydrogens (tertiary/aromatic N) is 3. The summed E-state index contributed by atoms with van der Waals surface area (Å²) >= 11 is 0.965. The lowest BCUT2D eigenvalue weighted by Crippen LogP contribution is -2.64. The second-order valence-electron chi connectivity index (χ2n) is 5.95. The van der Waals surface area contributed by atoms with E-state index in [0.717, 1.165) is 31.2 Å². The molecule has 0 aromatic carbocycles. The molecule has 0 aliphatic carbocycles. The molecular formula is C15H15N3O5S. The highest BCUT2D eigenvalue weighted by molar-refractivity contribution is 6.99. The van der Waals surface area contributed by atoms with Crippen molar-refractivity contribution in [3.63, 3.8) is 0 Å². The van der Waals surface area contributed by atoms with Gasteiger partial charge in [0.15, 0.2) is 18.4 Å². The number of aromatic nitrogens is 2. The van der Waals surface area contributed by atoms with Crippen LogP contribution in [-0.4, -0.2) is 51.4 Å². The zero-order valence-corrected chi connectivity index (χ0v) is 13.8. The first-order valence-corrected chi connectivity index (χ1v) is 8.42. The van der Waals surface area contributed by atoms with Crippen molar-refractivity contribution in [3.8, 4) is 17.7 Å². The quantitative estimate of drug-likeness (QED) is 0.437. The minimum atomic E-state index is -1.25. The molecule has 4 rings (SSSR count). The van der Waals surface area contributed by atoms with Gasteiger partial charge in [0, 0.05) is 13.1 Å². The normalized spacial score (nSPS) is 33.8. The van der Waals surface area contributed by atoms with Gasteiger partial charge < -0.3 is 14.2 Å². The van der Waals surface area contributed by atoms with Gasteiger partial charge in [-0.3, -0.25) is 4.90 Å². The van der Waals surface area contributed by atoms with Crippen molar-refractivity contribution in [2.45, 2.75) is 31.6 Å². The largest absolute Gasteiger partial charge is 0.462 e. The Morgan fingerprint density at radius 2 is 2.29 bits per heavy atom. The molecule has 3 aliphatic rings. The van der Waals surface area contributed by atoms with Crippen LogP contribution >= 0.6 is 11.7 Å². The minimum absolute atomic E-state index is 0.159. The van der Waals surface area contributed by atoms with Gasteiger partial charge in [-0.15, -0.1) is 10.3 Å². The number of carbonyl (C=O) groups is 2. The lowest BCUT2D eigenvalue weighted by atomic mass is 9.87. The van der Waals surface area contributed by atoms with Crippen LogP contribution < -0.4 is 4.74 Å². The third-order valence-corrected chi connectivity index (χ3v) is 5.17. The number of piperidine rings is 1. The molecule has 24 heavy (non-hydrogen) atoms. The molecule has 0 radical (unpaired) electrons. The van der Waals surface area contributed by atoms with Gasteiger partial charge in [0.1, 0.15) is 0 Å². The first-order valence-electron chi connectivity index (χ1n) is 7.69. The average molecular weight is 349 g/mol. The highest BCUT2D eigenvalue weighted by atomic mass is 32.1. The Labute approximate surface area is 142 Å². The van der Waals surface area contributed by atoms with Gasteiger partial charge in [0.2, 0.25) is 0 Å². The SMILES string of the molecule is CC#CCOc1nsnc1C12OC(=O)C(=O)OC1CC1CCN2C1. The first-order chi connectivity index (χ1) is 11.6. The fourth-order valence-electron chi connectivity index (χ4n) is 3.63. The Bertz CT molecular complexity index is 754. The Morgan fingerprint density at radius 3 is 3.12 bits per heavy atom. The number of rotatable bonds is 3. The number of hydrogen-bond acceptors (Lipinski definition) is 9. The molecule has 4 unspecified atom stereocenters. The molecule has 0 saturated carbocycles. The van der Waals surface area contributed by atoms with Crippen molar-refractivity contribution in [3.05, 3.63) is 5.69 Å². The van der Waals surface area contributed by atoms with Crippen LogP contribution in [0.15, 0.2) is 0 Å². The molecule has 8 nitrogen and oxygen atoms in total. The van der Waals surface area contributed by atoms with Crippen LogP contribution in [0.25, 0.3) is 0 Å². The van der Waals surface area contributed by atoms with Crippen LogP contribution in [0.3, 0.4) is 0 Å². The smallest absolute Gasteiger partial charge is 0.419 e. The van der Waals surface area contributed by atoms with Crippen LogP contribution in [0.2, 0.25) is 0 Å². The molecule has 2 bridgehead atoms. The highest BCUT2D eigenvalue weighted by Crippen LogP contribution is 2.50. The summed E-state index contributed by atoms with van der Waals surface area (Å²) in [6.07, 6.45) is 0.983. The van der Waals surface area contributed by atoms with Crippen molar-refractivity contribution in [2.75, 3.05) is 19.7 Å². The van der Waals surface area contributed by atoms with Gasteiger partial charge in [-0.1, -0.05) is 5.92 Å². The molecule has 3 aliphatic heterocycles. The second-order valence-corrected chi connectivity index (χ2v) is 6.48. The summed E-state index contributed by atoms with van der Waals surface area (Å²) in [5, 5.41) is 0. The van der Waals surface area contributed by atoms with E-state index in [-0.39, 0.29) is 12.5 Å². The van der Waals surface area contributed by atoms with E-state index in [0.29, 0.717) is 18.0 Å². The van der Waals surface area contributed by atoms with Gasteiger partial charge in [-0.05, 0) is 25.7 Å². The predicted octanol–water partition coefficient (Wildman–Crippen LogP) is 0.287. The van der Waals surface area contributed by atoms with Crippen molar-refractivity contribution in [1.82, 2.24) is 13.6 Å². The maximum atomic E-state index is 12.0. The molecule has 1 aromatic heterocycles. The molecule has 126 valence electrons. The van der Waals surface area contributed by atoms with E-state index >= 15 is 0 Å². The van der Waals surface area contributed by atoms with Crippen molar-refractivity contribution >= 4 is 23.7 Å². The monoisotopic (exact) mass is 349 g/mol. The highest BCUT2D eigenvalue weighted by Gasteiger charge is 2.63. The van der Waals surface area contributed by atoms with E-state index in [1.807, 2.05) is 4.90 Å². The summed E-state index contributed by atoms with van der Waals surface area (Å²) in [5.74, 6) is 4.24. The lowest BCUT2D eigenvalue weighted by Gasteiger charge is -2.48. The van der Waals surface area contributed by atoms with E-state index in [2.05, 4.69) is 20.6 Å². The summed E-state index contributed by atoms with van der Waals surface area (Å²) in [6, 6.07) is 0. The number of carbonyl (C=O) groups excluding carboxylic acids is 2. The van der Waals surface area contributed by atoms with Crippen LogP contribution in [0, 0.1) is 17.8 Å². The fraction of sp³-hybridized carbons (Fsp3) is 0.600. The summed E-state index contributed by atoms with van der Waals surface area (Å²) in [7, 11) is 0. The molecule has 9 heteroatoms. The minimum Gasteiger partial charge on any atom is -0.462 e. The van der Waals surface area contributed by atoms with Gasteiger partial charge in [0.25, 0.3) is 11.6 Å². The zero-order chi connectivity index (χ0) is 16.7. The molecule has 1 aromatic rings. The van der Waals surface area contributed by atoms with E-state index < -0.39 is 23.8 Å². The predicted molar refractivity (Wildman–Crippen MR) is 80.8 cm³/mol. The molecule has 3 saturated heterocycles. The Morgan fingerprint density at radius 1 is 1.42 bits per heavy atom. The van der Waals surface area contributed by atoms with Gasteiger partial charge in [-0.2, -0.15) is 4.37 Å². The molecular weight excluding hydrogens is 334 g/mol. The molecule has 4 atom stereocenters.